The van der Waals surface area contributed by atoms with Gasteiger partial charge in [-0.2, -0.15) is 0 Å². The Hall–Kier alpha value is -3.39. The normalized spacial score (nSPS) is 17.9. The predicted molar refractivity (Wildman–Crippen MR) is 138 cm³/mol. The lowest BCUT2D eigenvalue weighted by atomic mass is 9.88. The van der Waals surface area contributed by atoms with E-state index in [-0.39, 0.29) is 23.9 Å². The molecule has 1 saturated heterocycles. The summed E-state index contributed by atoms with van der Waals surface area (Å²) in [6, 6.07) is 11.9. The topological polar surface area (TPSA) is 89.5 Å². The monoisotopic (exact) mass is 507 g/mol. The average molecular weight is 508 g/mol. The molecule has 1 N–H and O–H groups in total. The highest BCUT2D eigenvalue weighted by atomic mass is 35.5. The van der Waals surface area contributed by atoms with E-state index in [2.05, 4.69) is 37.3 Å². The number of piperidine rings is 1. The Morgan fingerprint density at radius 2 is 1.92 bits per heavy atom. The number of hydrogen-bond acceptors (Lipinski definition) is 7. The number of aryl methyl sites for hydroxylation is 1. The van der Waals surface area contributed by atoms with Crippen LogP contribution in [-0.4, -0.2) is 47.2 Å². The first kappa shape index (κ1) is 24.3. The van der Waals surface area contributed by atoms with Crippen LogP contribution in [0, 0.1) is 6.92 Å². The lowest BCUT2D eigenvalue weighted by Gasteiger charge is -2.34. The summed E-state index contributed by atoms with van der Waals surface area (Å²) in [4.78, 5) is 28.5. The Labute approximate surface area is 216 Å². The number of fused-ring (bicyclic) bond motifs is 1. The molecule has 0 bridgehead atoms. The van der Waals surface area contributed by atoms with Crippen molar-refractivity contribution in [1.82, 2.24) is 20.3 Å². The van der Waals surface area contributed by atoms with Crippen molar-refractivity contribution < 1.29 is 14.3 Å². The number of nitrogens with zero attached hydrogens (tertiary/aromatic N) is 4. The summed E-state index contributed by atoms with van der Waals surface area (Å²) in [5, 5.41) is 3.44. The number of pyridine rings is 1. The minimum Gasteiger partial charge on any atom is -0.489 e. The van der Waals surface area contributed by atoms with Gasteiger partial charge in [0.15, 0.2) is 0 Å². The molecule has 2 aliphatic rings. The molecule has 5 rings (SSSR count). The molecule has 0 spiro atoms. The van der Waals surface area contributed by atoms with Gasteiger partial charge in [-0.15, -0.1) is 0 Å². The van der Waals surface area contributed by atoms with Crippen molar-refractivity contribution >= 4 is 23.3 Å². The van der Waals surface area contributed by atoms with Crippen LogP contribution in [0.25, 0.3) is 0 Å². The van der Waals surface area contributed by atoms with Crippen LogP contribution < -0.4 is 19.7 Å². The van der Waals surface area contributed by atoms with Gasteiger partial charge in [0.25, 0.3) is 5.91 Å². The van der Waals surface area contributed by atoms with Crippen LogP contribution in [0.3, 0.4) is 0 Å². The van der Waals surface area contributed by atoms with E-state index in [9.17, 15) is 4.79 Å². The van der Waals surface area contributed by atoms with Gasteiger partial charge in [0, 0.05) is 37.6 Å². The van der Waals surface area contributed by atoms with Crippen molar-refractivity contribution in [2.75, 3.05) is 25.1 Å². The molecule has 9 heteroatoms. The van der Waals surface area contributed by atoms with Crippen LogP contribution >= 0.6 is 11.6 Å². The second-order valence-corrected chi connectivity index (χ2v) is 9.60. The Morgan fingerprint density at radius 1 is 1.11 bits per heavy atom. The molecule has 188 valence electrons. The molecule has 1 aliphatic heterocycles. The fraction of sp³-hybridized carbons (Fsp3) is 0.407. The molecule has 0 unspecified atom stereocenters. The summed E-state index contributed by atoms with van der Waals surface area (Å²) >= 11 is 6.47. The summed E-state index contributed by atoms with van der Waals surface area (Å²) in [7, 11) is 1.59. The molecular formula is C27H30ClN5O3. The van der Waals surface area contributed by atoms with E-state index in [1.165, 1.54) is 11.1 Å². The first-order valence-electron chi connectivity index (χ1n) is 12.4. The fourth-order valence-corrected chi connectivity index (χ4v) is 5.11. The number of methoxy groups -OCH3 is 1. The number of aromatic nitrogens is 3. The molecular weight excluding hydrogens is 478 g/mol. The number of anilines is 1. The second-order valence-electron chi connectivity index (χ2n) is 9.24. The van der Waals surface area contributed by atoms with E-state index >= 15 is 0 Å². The van der Waals surface area contributed by atoms with E-state index in [0.717, 1.165) is 56.5 Å². The smallest absolute Gasteiger partial charge is 0.289 e. The molecule has 0 radical (unpaired) electrons. The van der Waals surface area contributed by atoms with E-state index in [1.54, 1.807) is 19.4 Å². The van der Waals surface area contributed by atoms with Crippen LogP contribution in [0.1, 0.15) is 59.0 Å². The van der Waals surface area contributed by atoms with Gasteiger partial charge < -0.3 is 19.7 Å². The maximum Gasteiger partial charge on any atom is 0.289 e. The third kappa shape index (κ3) is 5.23. The first-order chi connectivity index (χ1) is 17.5. The van der Waals surface area contributed by atoms with E-state index in [0.29, 0.717) is 16.9 Å². The van der Waals surface area contributed by atoms with Crippen LogP contribution in [0.2, 0.25) is 5.15 Å². The third-order valence-corrected chi connectivity index (χ3v) is 7.27. The molecule has 3 heterocycles. The highest BCUT2D eigenvalue weighted by Gasteiger charge is 2.27. The highest BCUT2D eigenvalue weighted by molar-refractivity contribution is 6.30. The molecule has 36 heavy (non-hydrogen) atoms. The number of carbonyl (C=O) groups is 1. The van der Waals surface area contributed by atoms with Crippen LogP contribution in [-0.2, 0) is 6.42 Å². The summed E-state index contributed by atoms with van der Waals surface area (Å²) in [5.41, 5.74) is 3.23. The molecule has 8 nitrogen and oxygen atoms in total. The van der Waals surface area contributed by atoms with Gasteiger partial charge in [-0.1, -0.05) is 35.9 Å². The summed E-state index contributed by atoms with van der Waals surface area (Å²) in [6.45, 7) is 3.36. The molecule has 1 fully saturated rings. The number of halogens is 1. The predicted octanol–water partition coefficient (Wildman–Crippen LogP) is 4.70. The van der Waals surface area contributed by atoms with Gasteiger partial charge in [-0.3, -0.25) is 4.79 Å². The summed E-state index contributed by atoms with van der Waals surface area (Å²) < 4.78 is 11.2. The molecule has 3 aromatic rings. The molecule has 2 aromatic heterocycles. The Kier molecular flexibility index (Phi) is 7.23. The standard InChI is InChI=1S/C27H30ClN5O3/c1-17-24(28)31-25(27(34)30-22-9-5-7-18-6-3-4-8-21(18)22)32-26(17)33-14-12-19(13-15-33)36-20-10-11-23(35-2)29-16-20/h3-4,6,8,10-11,16,19,22H,5,7,9,12-15H2,1-2H3,(H,30,34)/t22-/m0/s1. The Bertz CT molecular complexity index is 1230. The number of carbonyl (C=O) groups excluding carboxylic acids is 1. The molecule has 1 aliphatic carbocycles. The van der Waals surface area contributed by atoms with Gasteiger partial charge in [0.05, 0.1) is 19.3 Å². The molecule has 1 aromatic carbocycles. The number of benzene rings is 1. The number of ether oxygens (including phenoxy) is 2. The minimum absolute atomic E-state index is 0.0464. The van der Waals surface area contributed by atoms with Crippen molar-refractivity contribution in [2.24, 2.45) is 0 Å². The van der Waals surface area contributed by atoms with Gasteiger partial charge >= 0.3 is 0 Å². The third-order valence-electron chi connectivity index (χ3n) is 6.90. The Balaban J connectivity index is 1.26. The second kappa shape index (κ2) is 10.7. The largest absolute Gasteiger partial charge is 0.489 e. The van der Waals surface area contributed by atoms with Crippen LogP contribution in [0.15, 0.2) is 42.6 Å². The Morgan fingerprint density at radius 3 is 2.67 bits per heavy atom. The zero-order chi connectivity index (χ0) is 25.1. The minimum atomic E-state index is -0.301. The fourth-order valence-electron chi connectivity index (χ4n) is 4.95. The lowest BCUT2D eigenvalue weighted by molar-refractivity contribution is 0.0922. The van der Waals surface area contributed by atoms with Crippen LogP contribution in [0.4, 0.5) is 5.82 Å². The number of rotatable bonds is 6. The van der Waals surface area contributed by atoms with Crippen molar-refractivity contribution in [2.45, 2.75) is 51.2 Å². The lowest BCUT2D eigenvalue weighted by Crippen LogP contribution is -2.39. The van der Waals surface area contributed by atoms with Gasteiger partial charge in [-0.05, 0) is 43.4 Å². The number of amides is 1. The van der Waals surface area contributed by atoms with Crippen LogP contribution in [0.5, 0.6) is 11.6 Å². The number of nitrogens with one attached hydrogen (secondary N) is 1. The maximum absolute atomic E-state index is 13.2. The van der Waals surface area contributed by atoms with E-state index in [1.807, 2.05) is 25.1 Å². The van der Waals surface area contributed by atoms with E-state index < -0.39 is 0 Å². The molecule has 1 amide bonds. The molecule has 1 atom stereocenters. The van der Waals surface area contributed by atoms with Gasteiger partial charge in [0.2, 0.25) is 11.7 Å². The quantitative estimate of drug-likeness (QED) is 0.484. The zero-order valence-electron chi connectivity index (χ0n) is 20.5. The summed E-state index contributed by atoms with van der Waals surface area (Å²) in [6.07, 6.45) is 6.34. The zero-order valence-corrected chi connectivity index (χ0v) is 21.3. The van der Waals surface area contributed by atoms with Crippen molar-refractivity contribution in [3.63, 3.8) is 0 Å². The molecule has 0 saturated carbocycles. The number of hydrogen-bond donors (Lipinski definition) is 1. The van der Waals surface area contributed by atoms with Gasteiger partial charge in [0.1, 0.15) is 22.8 Å². The first-order valence-corrected chi connectivity index (χ1v) is 12.7. The van der Waals surface area contributed by atoms with Crippen molar-refractivity contribution in [3.05, 3.63) is 70.3 Å². The maximum atomic E-state index is 13.2. The van der Waals surface area contributed by atoms with Crippen molar-refractivity contribution in [3.8, 4) is 11.6 Å². The van der Waals surface area contributed by atoms with E-state index in [4.69, 9.17) is 21.1 Å². The SMILES string of the molecule is COc1ccc(OC2CCN(c3nc(C(=O)N[C@H]4CCCc5ccccc54)nc(Cl)c3C)CC2)cn1. The highest BCUT2D eigenvalue weighted by Crippen LogP contribution is 2.31. The average Bonchev–Trinajstić information content (AvgIpc) is 2.91. The van der Waals surface area contributed by atoms with Gasteiger partial charge in [-0.25, -0.2) is 15.0 Å². The van der Waals surface area contributed by atoms with Crippen molar-refractivity contribution in [1.29, 1.82) is 0 Å². The summed E-state index contributed by atoms with van der Waals surface area (Å²) in [5.74, 6) is 1.78.